The smallest absolute Gasteiger partial charge is 0.143 e. The fourth-order valence-electron chi connectivity index (χ4n) is 1.81. The molecule has 0 amide bonds. The van der Waals surface area contributed by atoms with E-state index < -0.39 is 5.82 Å². The summed E-state index contributed by atoms with van der Waals surface area (Å²) in [5, 5.41) is 12.1. The van der Waals surface area contributed by atoms with Crippen LogP contribution in [0.1, 0.15) is 19.4 Å². The van der Waals surface area contributed by atoms with Gasteiger partial charge in [-0.1, -0.05) is 18.2 Å². The minimum Gasteiger partial charge on any atom is -0.489 e. The van der Waals surface area contributed by atoms with E-state index in [1.54, 1.807) is 12.1 Å². The molecule has 0 unspecified atom stereocenters. The largest absolute Gasteiger partial charge is 0.489 e. The molecule has 1 N–H and O–H groups in total. The quantitative estimate of drug-likeness (QED) is 0.904. The summed E-state index contributed by atoms with van der Waals surface area (Å²) >= 11 is 0. The van der Waals surface area contributed by atoms with Gasteiger partial charge >= 0.3 is 0 Å². The van der Waals surface area contributed by atoms with E-state index in [4.69, 9.17) is 10.00 Å². The average Bonchev–Trinajstić information content (AvgIpc) is 2.41. The molecular weight excluding hydrogens is 255 g/mol. The Morgan fingerprint density at radius 2 is 1.80 bits per heavy atom. The number of para-hydroxylation sites is 2. The first kappa shape index (κ1) is 13.9. The van der Waals surface area contributed by atoms with Crippen LogP contribution in [0.15, 0.2) is 42.5 Å². The van der Waals surface area contributed by atoms with Gasteiger partial charge in [0.2, 0.25) is 0 Å². The van der Waals surface area contributed by atoms with Gasteiger partial charge < -0.3 is 10.1 Å². The highest BCUT2D eigenvalue weighted by molar-refractivity contribution is 5.70. The van der Waals surface area contributed by atoms with Crippen LogP contribution in [-0.4, -0.2) is 6.10 Å². The molecule has 0 aliphatic heterocycles. The van der Waals surface area contributed by atoms with Crippen LogP contribution >= 0.6 is 0 Å². The highest BCUT2D eigenvalue weighted by Gasteiger charge is 2.10. The van der Waals surface area contributed by atoms with Crippen molar-refractivity contribution in [2.75, 3.05) is 5.32 Å². The lowest BCUT2D eigenvalue weighted by molar-refractivity contribution is 0.244. The molecule has 0 radical (unpaired) electrons. The molecule has 0 fully saturated rings. The van der Waals surface area contributed by atoms with Crippen LogP contribution in [0.5, 0.6) is 5.75 Å². The Morgan fingerprint density at radius 1 is 1.10 bits per heavy atom. The molecule has 0 saturated heterocycles. The lowest BCUT2D eigenvalue weighted by Crippen LogP contribution is -2.07. The van der Waals surface area contributed by atoms with Gasteiger partial charge in [0.1, 0.15) is 23.2 Å². The Balaban J connectivity index is 2.36. The summed E-state index contributed by atoms with van der Waals surface area (Å²) in [7, 11) is 0. The molecule has 0 aliphatic carbocycles. The summed E-state index contributed by atoms with van der Waals surface area (Å²) < 4.78 is 19.3. The van der Waals surface area contributed by atoms with E-state index in [-0.39, 0.29) is 11.7 Å². The van der Waals surface area contributed by atoms with Crippen molar-refractivity contribution in [3.05, 3.63) is 53.8 Å². The zero-order valence-corrected chi connectivity index (χ0v) is 11.4. The van der Waals surface area contributed by atoms with E-state index in [0.717, 1.165) is 0 Å². The third-order valence-corrected chi connectivity index (χ3v) is 2.64. The van der Waals surface area contributed by atoms with Crippen LogP contribution < -0.4 is 10.1 Å². The van der Waals surface area contributed by atoms with Crippen LogP contribution in [0.2, 0.25) is 0 Å². The van der Waals surface area contributed by atoms with Crippen molar-refractivity contribution >= 4 is 11.4 Å². The van der Waals surface area contributed by atoms with Gasteiger partial charge in [-0.2, -0.15) is 5.26 Å². The zero-order valence-electron chi connectivity index (χ0n) is 11.4. The molecule has 3 nitrogen and oxygen atoms in total. The van der Waals surface area contributed by atoms with Crippen molar-refractivity contribution in [3.63, 3.8) is 0 Å². The number of nitrogens with zero attached hydrogens (tertiary/aromatic N) is 1. The SMILES string of the molecule is CC(C)Oc1ccccc1Nc1cccc(F)c1C#N. The standard InChI is InChI=1S/C16H15FN2O/c1-11(2)20-16-9-4-3-7-15(16)19-14-8-5-6-13(17)12(14)10-18/h3-9,11,19H,1-2H3. The van der Waals surface area contributed by atoms with Crippen molar-refractivity contribution in [1.29, 1.82) is 5.26 Å². The van der Waals surface area contributed by atoms with E-state index in [1.165, 1.54) is 6.07 Å². The molecule has 102 valence electrons. The summed E-state index contributed by atoms with van der Waals surface area (Å²) in [4.78, 5) is 0. The first-order valence-corrected chi connectivity index (χ1v) is 6.33. The van der Waals surface area contributed by atoms with Crippen LogP contribution in [0, 0.1) is 17.1 Å². The van der Waals surface area contributed by atoms with Crippen molar-refractivity contribution < 1.29 is 9.13 Å². The van der Waals surface area contributed by atoms with Crippen LogP contribution in [0.4, 0.5) is 15.8 Å². The number of ether oxygens (including phenoxy) is 1. The van der Waals surface area contributed by atoms with Crippen molar-refractivity contribution in [2.24, 2.45) is 0 Å². The van der Waals surface area contributed by atoms with Gasteiger partial charge in [0.15, 0.2) is 0 Å². The number of hydrogen-bond acceptors (Lipinski definition) is 3. The summed E-state index contributed by atoms with van der Waals surface area (Å²) in [5.74, 6) is 0.121. The Kier molecular flexibility index (Phi) is 4.21. The van der Waals surface area contributed by atoms with Crippen LogP contribution in [0.25, 0.3) is 0 Å². The van der Waals surface area contributed by atoms with Gasteiger partial charge in [-0.05, 0) is 38.1 Å². The third-order valence-electron chi connectivity index (χ3n) is 2.64. The molecular formula is C16H15FN2O. The lowest BCUT2D eigenvalue weighted by Gasteiger charge is -2.16. The topological polar surface area (TPSA) is 45.0 Å². The second-order valence-corrected chi connectivity index (χ2v) is 4.56. The van der Waals surface area contributed by atoms with Crippen molar-refractivity contribution in [1.82, 2.24) is 0 Å². The molecule has 0 saturated carbocycles. The maximum Gasteiger partial charge on any atom is 0.143 e. The molecule has 2 aromatic rings. The number of hydrogen-bond donors (Lipinski definition) is 1. The first-order valence-electron chi connectivity index (χ1n) is 6.33. The molecule has 0 spiro atoms. The molecule has 20 heavy (non-hydrogen) atoms. The molecule has 0 aromatic heterocycles. The number of benzene rings is 2. The second-order valence-electron chi connectivity index (χ2n) is 4.56. The number of anilines is 2. The molecule has 2 rings (SSSR count). The normalized spacial score (nSPS) is 10.2. The predicted molar refractivity (Wildman–Crippen MR) is 76.6 cm³/mol. The monoisotopic (exact) mass is 270 g/mol. The summed E-state index contributed by atoms with van der Waals surface area (Å²) in [6.07, 6.45) is 0.0286. The molecule has 4 heteroatoms. The molecule has 2 aromatic carbocycles. The molecule has 0 atom stereocenters. The van der Waals surface area contributed by atoms with Gasteiger partial charge in [0.05, 0.1) is 17.5 Å². The van der Waals surface area contributed by atoms with E-state index in [9.17, 15) is 4.39 Å². The Bertz CT molecular complexity index is 647. The van der Waals surface area contributed by atoms with Crippen LogP contribution in [-0.2, 0) is 0 Å². The average molecular weight is 270 g/mol. The maximum atomic E-state index is 13.6. The molecule has 0 heterocycles. The predicted octanol–water partition coefficient (Wildman–Crippen LogP) is 4.23. The Labute approximate surface area is 117 Å². The Morgan fingerprint density at radius 3 is 2.50 bits per heavy atom. The van der Waals surface area contributed by atoms with Gasteiger partial charge in [0, 0.05) is 0 Å². The second kappa shape index (κ2) is 6.07. The molecule has 0 bridgehead atoms. The number of nitriles is 1. The maximum absolute atomic E-state index is 13.6. The van der Waals surface area contributed by atoms with Crippen molar-refractivity contribution in [2.45, 2.75) is 20.0 Å². The van der Waals surface area contributed by atoms with E-state index >= 15 is 0 Å². The minimum absolute atomic E-state index is 0.00755. The first-order chi connectivity index (χ1) is 9.61. The van der Waals surface area contributed by atoms with Crippen LogP contribution in [0.3, 0.4) is 0 Å². The molecule has 0 aliphatic rings. The van der Waals surface area contributed by atoms with E-state index in [0.29, 0.717) is 17.1 Å². The number of rotatable bonds is 4. The van der Waals surface area contributed by atoms with Gasteiger partial charge in [-0.15, -0.1) is 0 Å². The number of halogens is 1. The fraction of sp³-hybridized carbons (Fsp3) is 0.188. The highest BCUT2D eigenvalue weighted by Crippen LogP contribution is 2.30. The van der Waals surface area contributed by atoms with Gasteiger partial charge in [-0.3, -0.25) is 0 Å². The van der Waals surface area contributed by atoms with E-state index in [1.807, 2.05) is 44.2 Å². The highest BCUT2D eigenvalue weighted by atomic mass is 19.1. The number of nitrogens with one attached hydrogen (secondary N) is 1. The summed E-state index contributed by atoms with van der Waals surface area (Å²) in [6.45, 7) is 3.86. The summed E-state index contributed by atoms with van der Waals surface area (Å²) in [6, 6.07) is 13.7. The van der Waals surface area contributed by atoms with Crippen molar-refractivity contribution in [3.8, 4) is 11.8 Å². The van der Waals surface area contributed by atoms with E-state index in [2.05, 4.69) is 5.32 Å². The zero-order chi connectivity index (χ0) is 14.5. The van der Waals surface area contributed by atoms with Gasteiger partial charge in [0.25, 0.3) is 0 Å². The Hall–Kier alpha value is -2.54. The van der Waals surface area contributed by atoms with Gasteiger partial charge in [-0.25, -0.2) is 4.39 Å². The fourth-order valence-corrected chi connectivity index (χ4v) is 1.81. The lowest BCUT2D eigenvalue weighted by atomic mass is 10.1. The third kappa shape index (κ3) is 3.07. The minimum atomic E-state index is -0.542. The summed E-state index contributed by atoms with van der Waals surface area (Å²) in [5.41, 5.74) is 1.11.